The zero-order valence-electron chi connectivity index (χ0n) is 25.2. The number of carbonyl (C=O) groups is 2. The largest absolute Gasteiger partial charge is 0.481 e. The van der Waals surface area contributed by atoms with Gasteiger partial charge in [0.05, 0.1) is 18.8 Å². The van der Waals surface area contributed by atoms with Crippen LogP contribution in [0.4, 0.5) is 0 Å². The van der Waals surface area contributed by atoms with Crippen molar-refractivity contribution in [2.45, 2.75) is 68.9 Å². The Balaban J connectivity index is 1.28. The Morgan fingerprint density at radius 2 is 1.71 bits per heavy atom. The van der Waals surface area contributed by atoms with Crippen LogP contribution in [0.15, 0.2) is 84.3 Å². The molecule has 11 heteroatoms. The first kappa shape index (κ1) is 32.4. The van der Waals surface area contributed by atoms with E-state index in [1.54, 1.807) is 18.1 Å². The summed E-state index contributed by atoms with van der Waals surface area (Å²) in [5.41, 5.74) is 5.75. The highest BCUT2D eigenvalue weighted by Gasteiger charge is 2.32. The van der Waals surface area contributed by atoms with Gasteiger partial charge in [-0.25, -0.2) is 0 Å². The molecule has 4 aromatic rings. The van der Waals surface area contributed by atoms with Gasteiger partial charge >= 0.3 is 5.97 Å². The number of amides is 1. The first-order valence-electron chi connectivity index (χ1n) is 15.0. The molecule has 236 valence electrons. The fraction of sp³-hybridized carbons (Fsp3) is 0.353. The molecule has 0 bridgehead atoms. The predicted molar refractivity (Wildman–Crippen MR) is 170 cm³/mol. The SMILES string of the molecule is Cn1cnnc1SC[C@H]1C[C@@H](c2ccc(CO)cc2)O[C@@H](c2cccc(-c3cccc(CNC(=O)CCCCC(=O)O)c3)c2)O1. The number of rotatable bonds is 14. The van der Waals surface area contributed by atoms with Gasteiger partial charge in [0.1, 0.15) is 6.33 Å². The van der Waals surface area contributed by atoms with Crippen molar-refractivity contribution in [1.29, 1.82) is 0 Å². The lowest BCUT2D eigenvalue weighted by molar-refractivity contribution is -0.245. The minimum absolute atomic E-state index is 0.0105. The third kappa shape index (κ3) is 9.24. The Kier molecular flexibility index (Phi) is 11.4. The molecule has 1 aliphatic rings. The summed E-state index contributed by atoms with van der Waals surface area (Å²) in [5, 5.41) is 30.2. The van der Waals surface area contributed by atoms with Crippen molar-refractivity contribution in [2.75, 3.05) is 5.75 Å². The molecule has 0 unspecified atom stereocenters. The molecule has 2 heterocycles. The lowest BCUT2D eigenvalue weighted by Crippen LogP contribution is -2.31. The van der Waals surface area contributed by atoms with E-state index in [1.165, 1.54) is 0 Å². The van der Waals surface area contributed by atoms with E-state index < -0.39 is 12.3 Å². The normalized spacial score (nSPS) is 18.0. The number of aliphatic carboxylic acids is 1. The summed E-state index contributed by atoms with van der Waals surface area (Å²) in [5.74, 6) is -0.250. The summed E-state index contributed by atoms with van der Waals surface area (Å²) in [7, 11) is 1.92. The molecule has 0 saturated carbocycles. The molecule has 5 rings (SSSR count). The second-order valence-electron chi connectivity index (χ2n) is 11.1. The van der Waals surface area contributed by atoms with Gasteiger partial charge in [-0.3, -0.25) is 9.59 Å². The quantitative estimate of drug-likeness (QED) is 0.121. The maximum Gasteiger partial charge on any atom is 0.303 e. The monoisotopic (exact) mass is 630 g/mol. The van der Waals surface area contributed by atoms with Crippen LogP contribution in [0.3, 0.4) is 0 Å². The summed E-state index contributed by atoms with van der Waals surface area (Å²) in [6, 6.07) is 24.0. The van der Waals surface area contributed by atoms with Gasteiger partial charge < -0.3 is 29.6 Å². The van der Waals surface area contributed by atoms with Crippen molar-refractivity contribution >= 4 is 23.6 Å². The van der Waals surface area contributed by atoms with Gasteiger partial charge in [0, 0.05) is 44.2 Å². The fourth-order valence-electron chi connectivity index (χ4n) is 5.17. The number of carboxylic acid groups (broad SMARTS) is 1. The molecule has 1 amide bonds. The van der Waals surface area contributed by atoms with Crippen molar-refractivity contribution in [3.63, 3.8) is 0 Å². The highest BCUT2D eigenvalue weighted by molar-refractivity contribution is 7.99. The number of unbranched alkanes of at least 4 members (excludes halogenated alkanes) is 1. The smallest absolute Gasteiger partial charge is 0.303 e. The van der Waals surface area contributed by atoms with Crippen molar-refractivity contribution < 1.29 is 29.3 Å². The maximum atomic E-state index is 12.2. The number of carboxylic acids is 1. The number of aromatic nitrogens is 3. The van der Waals surface area contributed by atoms with Crippen LogP contribution in [0.1, 0.15) is 66.8 Å². The van der Waals surface area contributed by atoms with Crippen LogP contribution in [-0.4, -0.2) is 48.7 Å². The Morgan fingerprint density at radius 1 is 0.956 bits per heavy atom. The van der Waals surface area contributed by atoms with Gasteiger partial charge in [-0.2, -0.15) is 0 Å². The maximum absolute atomic E-state index is 12.2. The summed E-state index contributed by atoms with van der Waals surface area (Å²) in [4.78, 5) is 22.9. The molecule has 1 saturated heterocycles. The molecular weight excluding hydrogens is 592 g/mol. The second kappa shape index (κ2) is 15.8. The van der Waals surface area contributed by atoms with Crippen molar-refractivity contribution in [3.8, 4) is 11.1 Å². The number of thioether (sulfide) groups is 1. The van der Waals surface area contributed by atoms with E-state index in [4.69, 9.17) is 14.6 Å². The standard InChI is InChI=1S/C34H38N4O6S/c1-38-22-36-37-34(38)45-21-29-18-30(25-14-12-23(20-39)13-15-25)44-33(43-29)28-9-5-8-27(17-28)26-7-4-6-24(16-26)19-35-31(40)10-2-3-11-32(41)42/h4-9,12-17,22,29-30,33,39H,2-3,10-11,18-21H2,1H3,(H,35,40)(H,41,42)/t29-,30+,33+/m1/s1. The average molecular weight is 631 g/mol. The van der Waals surface area contributed by atoms with Gasteiger partial charge in [-0.15, -0.1) is 10.2 Å². The number of ether oxygens (including phenoxy) is 2. The third-order valence-electron chi connectivity index (χ3n) is 7.64. The molecule has 0 spiro atoms. The number of aliphatic hydroxyl groups excluding tert-OH is 1. The van der Waals surface area contributed by atoms with Crippen LogP contribution in [0.25, 0.3) is 11.1 Å². The van der Waals surface area contributed by atoms with Gasteiger partial charge in [0.25, 0.3) is 0 Å². The zero-order chi connectivity index (χ0) is 31.6. The number of hydrogen-bond acceptors (Lipinski definition) is 8. The highest BCUT2D eigenvalue weighted by Crippen LogP contribution is 2.40. The van der Waals surface area contributed by atoms with Gasteiger partial charge in [0.15, 0.2) is 11.4 Å². The Bertz CT molecular complexity index is 1580. The van der Waals surface area contributed by atoms with Gasteiger partial charge in [0.2, 0.25) is 5.91 Å². The van der Waals surface area contributed by atoms with E-state index in [1.807, 2.05) is 72.3 Å². The van der Waals surface area contributed by atoms with E-state index >= 15 is 0 Å². The second-order valence-corrected chi connectivity index (χ2v) is 12.1. The Hall–Kier alpha value is -4.03. The molecule has 3 N–H and O–H groups in total. The first-order valence-corrected chi connectivity index (χ1v) is 16.0. The minimum atomic E-state index is -0.844. The summed E-state index contributed by atoms with van der Waals surface area (Å²) in [6.07, 6.45) is 2.89. The average Bonchev–Trinajstić information content (AvgIpc) is 3.49. The van der Waals surface area contributed by atoms with Crippen LogP contribution in [-0.2, 0) is 39.3 Å². The molecule has 1 aromatic heterocycles. The summed E-state index contributed by atoms with van der Waals surface area (Å²) >= 11 is 1.60. The lowest BCUT2D eigenvalue weighted by Gasteiger charge is -2.36. The molecule has 10 nitrogen and oxygen atoms in total. The van der Waals surface area contributed by atoms with E-state index in [-0.39, 0.29) is 31.1 Å². The number of aliphatic hydroxyl groups is 1. The van der Waals surface area contributed by atoms with E-state index in [9.17, 15) is 14.7 Å². The van der Waals surface area contributed by atoms with E-state index in [2.05, 4.69) is 27.6 Å². The number of hydrogen-bond donors (Lipinski definition) is 3. The van der Waals surface area contributed by atoms with Crippen molar-refractivity contribution in [2.24, 2.45) is 7.05 Å². The highest BCUT2D eigenvalue weighted by atomic mass is 32.2. The summed E-state index contributed by atoms with van der Waals surface area (Å²) < 4.78 is 15.0. The molecule has 45 heavy (non-hydrogen) atoms. The molecule has 1 fully saturated rings. The Morgan fingerprint density at radius 3 is 2.44 bits per heavy atom. The van der Waals surface area contributed by atoms with E-state index in [0.29, 0.717) is 38.0 Å². The zero-order valence-corrected chi connectivity index (χ0v) is 26.0. The van der Waals surface area contributed by atoms with Crippen LogP contribution < -0.4 is 5.32 Å². The predicted octanol–water partition coefficient (Wildman–Crippen LogP) is 5.57. The number of nitrogens with zero attached hydrogens (tertiary/aromatic N) is 3. The Labute approximate surface area is 266 Å². The van der Waals surface area contributed by atoms with Crippen LogP contribution in [0, 0.1) is 0 Å². The molecule has 1 aliphatic heterocycles. The van der Waals surface area contributed by atoms with Crippen LogP contribution in [0.2, 0.25) is 0 Å². The van der Waals surface area contributed by atoms with E-state index in [0.717, 1.165) is 38.5 Å². The molecule has 0 radical (unpaired) electrons. The molecule has 0 aliphatic carbocycles. The van der Waals surface area contributed by atoms with Gasteiger partial charge in [-0.05, 0) is 52.8 Å². The lowest BCUT2D eigenvalue weighted by atomic mass is 9.99. The minimum Gasteiger partial charge on any atom is -0.481 e. The third-order valence-corrected chi connectivity index (χ3v) is 8.80. The summed E-state index contributed by atoms with van der Waals surface area (Å²) in [6.45, 7) is 0.380. The number of carbonyl (C=O) groups excluding carboxylic acids is 1. The fourth-order valence-corrected chi connectivity index (χ4v) is 6.08. The first-order chi connectivity index (χ1) is 21.9. The van der Waals surface area contributed by atoms with Crippen LogP contribution >= 0.6 is 11.8 Å². The van der Waals surface area contributed by atoms with Crippen molar-refractivity contribution in [1.82, 2.24) is 20.1 Å². The molecule has 3 atom stereocenters. The van der Waals surface area contributed by atoms with Crippen molar-refractivity contribution in [3.05, 3.63) is 101 Å². The number of benzene rings is 3. The molecule has 3 aromatic carbocycles. The number of nitrogens with one attached hydrogen (secondary N) is 1. The topological polar surface area (TPSA) is 136 Å². The number of aryl methyl sites for hydroxylation is 1. The molecular formula is C34H38N4O6S. The van der Waals surface area contributed by atoms with Crippen LogP contribution in [0.5, 0.6) is 0 Å². The van der Waals surface area contributed by atoms with Gasteiger partial charge in [-0.1, -0.05) is 72.4 Å².